The van der Waals surface area contributed by atoms with Crippen LogP contribution in [-0.4, -0.2) is 75.3 Å². The molecular weight excluding hydrogens is 728 g/mol. The molecule has 6 rings (SSSR count). The van der Waals surface area contributed by atoms with Crippen molar-refractivity contribution in [3.8, 4) is 5.88 Å². The van der Waals surface area contributed by atoms with Gasteiger partial charge in [-0.05, 0) is 71.7 Å². The summed E-state index contributed by atoms with van der Waals surface area (Å²) < 4.78 is 52.3. The number of Topliss-reactive ketones (excluding diaryl/α,β-unsaturated/α-hetero) is 2. The van der Waals surface area contributed by atoms with E-state index in [4.69, 9.17) is 18.9 Å². The summed E-state index contributed by atoms with van der Waals surface area (Å²) in [4.78, 5) is 91.6. The molecule has 0 amide bonds. The molecular formula is C37H43N2O14S+. The highest BCUT2D eigenvalue weighted by Crippen LogP contribution is 2.67. The summed E-state index contributed by atoms with van der Waals surface area (Å²) >= 11 is 0. The molecule has 2 heterocycles. The molecule has 1 saturated heterocycles. The molecule has 1 aromatic carbocycles. The Morgan fingerprint density at radius 1 is 1.04 bits per heavy atom. The van der Waals surface area contributed by atoms with Gasteiger partial charge in [-0.1, -0.05) is 43.3 Å². The average Bonchev–Trinajstić information content (AvgIpc) is 3.57. The Bertz CT molecular complexity index is 2030. The molecule has 6 atom stereocenters. The van der Waals surface area contributed by atoms with Crippen LogP contribution in [0.15, 0.2) is 57.0 Å². The number of nitrogens with one attached hydrogen (secondary N) is 1. The maximum atomic E-state index is 14.0. The number of H-pyrrole nitrogens is 1. The van der Waals surface area contributed by atoms with E-state index >= 15 is 0 Å². The van der Waals surface area contributed by atoms with Crippen LogP contribution in [0.3, 0.4) is 0 Å². The van der Waals surface area contributed by atoms with Crippen LogP contribution in [0.1, 0.15) is 71.6 Å². The van der Waals surface area contributed by atoms with Gasteiger partial charge in [0.2, 0.25) is 4.60 Å². The van der Waals surface area contributed by atoms with Gasteiger partial charge in [0.15, 0.2) is 11.2 Å². The van der Waals surface area contributed by atoms with Gasteiger partial charge in [0.05, 0.1) is 23.5 Å². The monoisotopic (exact) mass is 771 g/mol. The molecule has 290 valence electrons. The molecule has 2 spiro atoms. The van der Waals surface area contributed by atoms with Crippen molar-refractivity contribution < 1.29 is 65.4 Å². The van der Waals surface area contributed by atoms with E-state index in [9.17, 15) is 42.1 Å². The van der Waals surface area contributed by atoms with Gasteiger partial charge < -0.3 is 23.7 Å². The highest BCUT2D eigenvalue weighted by Gasteiger charge is 2.78. The number of ketones is 2. The number of unbranched alkanes of at least 4 members (excludes halogenated alkanes) is 1. The topological polar surface area (TPSA) is 225 Å². The number of carbonyl (C=O) groups excluding carboxylic acids is 6. The average molecular weight is 772 g/mol. The normalized spacial score (nSPS) is 28.6. The van der Waals surface area contributed by atoms with Gasteiger partial charge in [-0.3, -0.25) is 24.0 Å². The van der Waals surface area contributed by atoms with Crippen LogP contribution in [-0.2, 0) is 52.8 Å². The zero-order chi connectivity index (χ0) is 39.1. The molecule has 3 aliphatic carbocycles. The van der Waals surface area contributed by atoms with Crippen LogP contribution in [0.2, 0.25) is 0 Å². The van der Waals surface area contributed by atoms with Gasteiger partial charge in [-0.25, -0.2) is 8.42 Å². The number of cyclic esters (lactones) is 1. The zero-order valence-corrected chi connectivity index (χ0v) is 30.9. The molecule has 16 nitrogen and oxygen atoms in total. The molecule has 4 fully saturated rings. The molecule has 1 aromatic heterocycles. The molecule has 0 radical (unpaired) electrons. The van der Waals surface area contributed by atoms with Crippen LogP contribution in [0.4, 0.5) is 0 Å². The lowest BCUT2D eigenvalue weighted by atomic mass is 9.44. The SMILES string of the molecule is C=C1C(=O)[C@@]23C(=O)OC[C@]4(C(=O)CCC(C)(C)[C@H]4C=O)[C@@H]2CC[C@@H]1[C@H]3OC(=O)CCCC(=O)OCCCCOc1[nH]o[n+](=O)c1S(=O)(=O)c1ccccc1. The summed E-state index contributed by atoms with van der Waals surface area (Å²) in [5.41, 5.74) is -3.92. The number of benzene rings is 1. The minimum Gasteiger partial charge on any atom is -0.466 e. The third kappa shape index (κ3) is 6.29. The zero-order valence-electron chi connectivity index (χ0n) is 30.0. The fraction of sp³-hybridized carbons (Fsp3) is 0.568. The molecule has 2 bridgehead atoms. The van der Waals surface area contributed by atoms with Crippen molar-refractivity contribution in [2.45, 2.75) is 87.7 Å². The molecule has 54 heavy (non-hydrogen) atoms. The van der Waals surface area contributed by atoms with Crippen LogP contribution < -0.4 is 9.34 Å². The van der Waals surface area contributed by atoms with Crippen molar-refractivity contribution in [2.75, 3.05) is 19.8 Å². The number of esters is 3. The summed E-state index contributed by atoms with van der Waals surface area (Å²) in [6, 6.07) is 7.29. The van der Waals surface area contributed by atoms with E-state index in [1.54, 1.807) is 6.07 Å². The fourth-order valence-electron chi connectivity index (χ4n) is 8.98. The predicted molar refractivity (Wildman–Crippen MR) is 182 cm³/mol. The van der Waals surface area contributed by atoms with Gasteiger partial charge in [0, 0.05) is 37.0 Å². The molecule has 4 aliphatic rings. The Balaban J connectivity index is 1.00. The lowest BCUT2D eigenvalue weighted by Crippen LogP contribution is -2.70. The van der Waals surface area contributed by atoms with E-state index in [1.165, 1.54) is 24.3 Å². The quantitative estimate of drug-likeness (QED) is 0.0728. The first kappa shape index (κ1) is 38.8. The number of aromatic amines is 1. The summed E-state index contributed by atoms with van der Waals surface area (Å²) in [7, 11) is -4.23. The van der Waals surface area contributed by atoms with Crippen LogP contribution in [0.25, 0.3) is 0 Å². The first-order valence-electron chi connectivity index (χ1n) is 18.0. The predicted octanol–water partition coefficient (Wildman–Crippen LogP) is 3.04. The van der Waals surface area contributed by atoms with Gasteiger partial charge in [0.25, 0.3) is 9.84 Å². The first-order chi connectivity index (χ1) is 25.6. The minimum absolute atomic E-state index is 0.00246. The van der Waals surface area contributed by atoms with E-state index in [1.807, 2.05) is 13.8 Å². The highest BCUT2D eigenvalue weighted by atomic mass is 32.2. The second-order valence-corrected chi connectivity index (χ2v) is 16.9. The Morgan fingerprint density at radius 2 is 1.74 bits per heavy atom. The van der Waals surface area contributed by atoms with E-state index < -0.39 is 78.7 Å². The highest BCUT2D eigenvalue weighted by molar-refractivity contribution is 7.91. The van der Waals surface area contributed by atoms with E-state index in [-0.39, 0.29) is 78.7 Å². The third-order valence-electron chi connectivity index (χ3n) is 11.7. The molecule has 3 saturated carbocycles. The lowest BCUT2D eigenvalue weighted by Gasteiger charge is -2.59. The summed E-state index contributed by atoms with van der Waals surface area (Å²) in [6.07, 6.45) is 1.02. The molecule has 1 N–H and O–H groups in total. The standard InChI is InChI=1S/C37H43N2O14S/c1-22-24-14-15-25-36(26(20-40)35(2,3)17-16-27(36)41)21-51-34(45)37(25,30(22)44)31(24)52-29(43)13-9-12-28(42)49-18-7-8-19-50-32-33(39(46)53-38-32)54(47,48)23-10-5-4-6-11-23/h4-6,10-11,20,24-26,31,38H,1,7-9,12-19,21H2,2-3H3/q+1/t24-,25-,26+,31+,36-,37-/m0/s1. The number of sulfone groups is 1. The van der Waals surface area contributed by atoms with E-state index in [2.05, 4.69) is 16.4 Å². The molecule has 2 aromatic rings. The number of hydrogen-bond donors (Lipinski definition) is 1. The molecule has 0 unspecified atom stereocenters. The van der Waals surface area contributed by atoms with Crippen molar-refractivity contribution in [2.24, 2.45) is 34.0 Å². The number of rotatable bonds is 14. The Kier molecular flexibility index (Phi) is 10.6. The van der Waals surface area contributed by atoms with E-state index in [0.29, 0.717) is 25.7 Å². The largest absolute Gasteiger partial charge is 0.466 e. The van der Waals surface area contributed by atoms with Crippen molar-refractivity contribution in [3.05, 3.63) is 47.4 Å². The van der Waals surface area contributed by atoms with Crippen LogP contribution >= 0.6 is 0 Å². The Hall–Kier alpha value is -4.93. The van der Waals surface area contributed by atoms with Crippen molar-refractivity contribution in [3.63, 3.8) is 0 Å². The fourth-order valence-corrected chi connectivity index (χ4v) is 10.3. The van der Waals surface area contributed by atoms with Gasteiger partial charge >= 0.3 is 28.8 Å². The summed E-state index contributed by atoms with van der Waals surface area (Å²) in [5.74, 6) is -5.88. The third-order valence-corrected chi connectivity index (χ3v) is 13.4. The maximum absolute atomic E-state index is 14.0. The van der Waals surface area contributed by atoms with Crippen molar-refractivity contribution >= 4 is 45.6 Å². The second-order valence-electron chi connectivity index (χ2n) is 15.0. The smallest absolute Gasteiger partial charge is 0.404 e. The van der Waals surface area contributed by atoms with Gasteiger partial charge in [0.1, 0.15) is 24.8 Å². The number of fused-ring (bicyclic) bond motifs is 2. The maximum Gasteiger partial charge on any atom is 0.404 e. The van der Waals surface area contributed by atoms with Crippen LogP contribution in [0.5, 0.6) is 5.88 Å². The molecule has 17 heteroatoms. The first-order valence-corrected chi connectivity index (χ1v) is 19.4. The summed E-state index contributed by atoms with van der Waals surface area (Å²) in [6.45, 7) is 7.33. The number of carbonyl (C=O) groups is 6. The number of aromatic nitrogens is 2. The van der Waals surface area contributed by atoms with Crippen molar-refractivity contribution in [1.82, 2.24) is 5.16 Å². The second kappa shape index (κ2) is 14.7. The Labute approximate surface area is 310 Å². The number of aldehydes is 1. The number of nitrogens with zero attached hydrogens (tertiary/aromatic N) is 1. The number of hydrogen-bond acceptors (Lipinski definition) is 14. The van der Waals surface area contributed by atoms with E-state index in [0.717, 1.165) is 6.29 Å². The van der Waals surface area contributed by atoms with Crippen molar-refractivity contribution in [1.29, 1.82) is 0 Å². The number of ether oxygens (including phenoxy) is 4. The summed E-state index contributed by atoms with van der Waals surface area (Å²) in [5, 5.41) is 1.42. The minimum atomic E-state index is -4.23. The van der Waals surface area contributed by atoms with Gasteiger partial charge in [-0.2, -0.15) is 0 Å². The lowest BCUT2D eigenvalue weighted by molar-refractivity contribution is -0.744. The molecule has 1 aliphatic heterocycles. The van der Waals surface area contributed by atoms with Gasteiger partial charge in [-0.15, -0.1) is 0 Å². The van der Waals surface area contributed by atoms with Crippen LogP contribution in [0, 0.1) is 38.9 Å². The Morgan fingerprint density at radius 3 is 2.46 bits per heavy atom.